The summed E-state index contributed by atoms with van der Waals surface area (Å²) in [7, 11) is 1.42. The van der Waals surface area contributed by atoms with Gasteiger partial charge in [0.1, 0.15) is 11.5 Å². The summed E-state index contributed by atoms with van der Waals surface area (Å²) in [5, 5.41) is 6.10. The molecule has 3 N–H and O–H groups in total. The molecule has 0 aliphatic heterocycles. The van der Waals surface area contributed by atoms with Crippen molar-refractivity contribution in [1.82, 2.24) is 9.97 Å². The van der Waals surface area contributed by atoms with Crippen molar-refractivity contribution in [3.8, 4) is 11.5 Å². The van der Waals surface area contributed by atoms with E-state index in [0.29, 0.717) is 50.2 Å². The Kier molecular flexibility index (Phi) is 7.88. The van der Waals surface area contributed by atoms with Gasteiger partial charge < -0.3 is 20.1 Å². The molecule has 0 aliphatic carbocycles. The van der Waals surface area contributed by atoms with Crippen molar-refractivity contribution in [2.24, 2.45) is 0 Å². The number of hydrogen-bond donors (Lipinski definition) is 3. The van der Waals surface area contributed by atoms with E-state index in [1.54, 1.807) is 68.8 Å². The molecule has 0 spiro atoms. The molecule has 1 unspecified atom stereocenters. The summed E-state index contributed by atoms with van der Waals surface area (Å²) in [6.45, 7) is 1.96. The molecule has 0 fully saturated rings. The van der Waals surface area contributed by atoms with Gasteiger partial charge in [-0.2, -0.15) is 0 Å². The van der Waals surface area contributed by atoms with E-state index in [-0.39, 0.29) is 11.7 Å². The number of methoxy groups -OCH3 is 2. The Morgan fingerprint density at radius 2 is 1.40 bits per heavy atom. The first-order valence-corrected chi connectivity index (χ1v) is 13.5. The average Bonchev–Trinajstić information content (AvgIpc) is 2.97. The molecular formula is C30H27N5O4S. The number of amides is 1. The van der Waals surface area contributed by atoms with Gasteiger partial charge in [-0.05, 0) is 49.4 Å². The number of hydrogen-bond acceptors (Lipinski definition) is 7. The molecule has 10 heteroatoms. The zero-order chi connectivity index (χ0) is 28.1. The summed E-state index contributed by atoms with van der Waals surface area (Å²) in [4.78, 5) is 22.5. The number of nitrogens with one attached hydrogen (secondary N) is 3. The van der Waals surface area contributed by atoms with Crippen LogP contribution in [0.5, 0.6) is 11.5 Å². The standard InChI is InChI=1S/C30H27N5O4S/c1-19-11-13-20(14-12-19)30(36)32-21-7-6-8-25(17-21)40(37)35-29-28(33-26-9-4-5-10-27(26)34-29)31-22-15-23(38-2)18-24(16-22)39-3/h4-18H,1-3H3,(H,31,33)(H,32,36)(H,34,35). The van der Waals surface area contributed by atoms with Gasteiger partial charge in [0, 0.05) is 35.1 Å². The Balaban J connectivity index is 1.42. The van der Waals surface area contributed by atoms with Gasteiger partial charge in [0.2, 0.25) is 0 Å². The van der Waals surface area contributed by atoms with Crippen molar-refractivity contribution >= 4 is 50.9 Å². The number of carbonyl (C=O) groups excluding carboxylic acids is 1. The van der Waals surface area contributed by atoms with Crippen molar-refractivity contribution < 1.29 is 18.5 Å². The maximum absolute atomic E-state index is 13.5. The van der Waals surface area contributed by atoms with Crippen molar-refractivity contribution in [1.29, 1.82) is 0 Å². The van der Waals surface area contributed by atoms with Crippen LogP contribution in [-0.4, -0.2) is 34.3 Å². The lowest BCUT2D eigenvalue weighted by molar-refractivity contribution is 0.102. The zero-order valence-electron chi connectivity index (χ0n) is 22.1. The summed E-state index contributed by atoms with van der Waals surface area (Å²) >= 11 is 0. The number of aromatic nitrogens is 2. The predicted octanol–water partition coefficient (Wildman–Crippen LogP) is 6.09. The first kappa shape index (κ1) is 26.6. The summed E-state index contributed by atoms with van der Waals surface area (Å²) in [5.41, 5.74) is 4.06. The number of anilines is 4. The largest absolute Gasteiger partial charge is 0.497 e. The number of aryl methyl sites for hydroxylation is 1. The van der Waals surface area contributed by atoms with Crippen LogP contribution in [0.15, 0.2) is 95.9 Å². The van der Waals surface area contributed by atoms with E-state index in [9.17, 15) is 9.00 Å². The van der Waals surface area contributed by atoms with Crippen LogP contribution in [0.3, 0.4) is 0 Å². The van der Waals surface area contributed by atoms with E-state index in [1.165, 1.54) is 0 Å². The fourth-order valence-electron chi connectivity index (χ4n) is 3.92. The molecule has 4 aromatic carbocycles. The van der Waals surface area contributed by atoms with E-state index in [2.05, 4.69) is 20.3 Å². The van der Waals surface area contributed by atoms with Gasteiger partial charge in [-0.15, -0.1) is 0 Å². The zero-order valence-corrected chi connectivity index (χ0v) is 22.9. The van der Waals surface area contributed by atoms with Crippen LogP contribution in [0.1, 0.15) is 15.9 Å². The molecular weight excluding hydrogens is 526 g/mol. The molecule has 0 radical (unpaired) electrons. The molecule has 5 aromatic rings. The summed E-state index contributed by atoms with van der Waals surface area (Å²) < 4.78 is 27.2. The molecule has 40 heavy (non-hydrogen) atoms. The number of benzene rings is 4. The number of carbonyl (C=O) groups is 1. The Morgan fingerprint density at radius 1 is 0.750 bits per heavy atom. The number of rotatable bonds is 9. The number of nitrogens with zero attached hydrogens (tertiary/aromatic N) is 2. The minimum absolute atomic E-state index is 0.253. The third-order valence-corrected chi connectivity index (χ3v) is 7.05. The van der Waals surface area contributed by atoms with Gasteiger partial charge in [-0.1, -0.05) is 35.9 Å². The lowest BCUT2D eigenvalue weighted by Crippen LogP contribution is -2.13. The van der Waals surface area contributed by atoms with Crippen molar-refractivity contribution in [2.45, 2.75) is 11.8 Å². The predicted molar refractivity (Wildman–Crippen MR) is 158 cm³/mol. The smallest absolute Gasteiger partial charge is 0.255 e. The summed E-state index contributed by atoms with van der Waals surface area (Å²) in [6.07, 6.45) is 0. The van der Waals surface area contributed by atoms with Gasteiger partial charge in [0.25, 0.3) is 5.91 Å². The van der Waals surface area contributed by atoms with E-state index >= 15 is 0 Å². The van der Waals surface area contributed by atoms with E-state index in [0.717, 1.165) is 5.56 Å². The SMILES string of the molecule is COc1cc(Nc2nc3ccccc3nc2NS(=O)c2cccc(NC(=O)c3ccc(C)cc3)c2)cc(OC)c1. The second-order valence-electron chi connectivity index (χ2n) is 8.85. The van der Waals surface area contributed by atoms with Crippen LogP contribution < -0.4 is 24.8 Å². The van der Waals surface area contributed by atoms with Crippen molar-refractivity contribution in [3.63, 3.8) is 0 Å². The molecule has 0 aliphatic rings. The van der Waals surface area contributed by atoms with E-state index < -0.39 is 11.0 Å². The fourth-order valence-corrected chi connectivity index (χ4v) is 4.79. The van der Waals surface area contributed by atoms with Crippen LogP contribution >= 0.6 is 0 Å². The third-order valence-electron chi connectivity index (χ3n) is 5.99. The van der Waals surface area contributed by atoms with E-state index in [1.807, 2.05) is 43.3 Å². The van der Waals surface area contributed by atoms with E-state index in [4.69, 9.17) is 14.5 Å². The average molecular weight is 554 g/mol. The molecule has 1 aromatic heterocycles. The highest BCUT2D eigenvalue weighted by Crippen LogP contribution is 2.31. The maximum atomic E-state index is 13.5. The summed E-state index contributed by atoms with van der Waals surface area (Å²) in [6, 6.07) is 26.9. The van der Waals surface area contributed by atoms with Crippen LogP contribution in [-0.2, 0) is 11.0 Å². The highest BCUT2D eigenvalue weighted by Gasteiger charge is 2.15. The Bertz CT molecular complexity index is 1690. The number of fused-ring (bicyclic) bond motifs is 1. The second kappa shape index (κ2) is 11.8. The minimum Gasteiger partial charge on any atom is -0.497 e. The van der Waals surface area contributed by atoms with Crippen LogP contribution in [0, 0.1) is 6.92 Å². The molecule has 1 heterocycles. The molecule has 0 saturated carbocycles. The molecule has 9 nitrogen and oxygen atoms in total. The van der Waals surface area contributed by atoms with Crippen molar-refractivity contribution in [2.75, 3.05) is 29.6 Å². The normalized spacial score (nSPS) is 11.5. The fraction of sp³-hybridized carbons (Fsp3) is 0.100. The molecule has 1 atom stereocenters. The van der Waals surface area contributed by atoms with Crippen molar-refractivity contribution in [3.05, 3.63) is 102 Å². The first-order chi connectivity index (χ1) is 19.4. The third kappa shape index (κ3) is 6.19. The lowest BCUT2D eigenvalue weighted by atomic mass is 10.1. The van der Waals surface area contributed by atoms with Gasteiger partial charge in [0.15, 0.2) is 22.6 Å². The number of ether oxygens (including phenoxy) is 2. The molecule has 1 amide bonds. The highest BCUT2D eigenvalue weighted by atomic mass is 32.2. The van der Waals surface area contributed by atoms with Crippen LogP contribution in [0.2, 0.25) is 0 Å². The molecule has 0 saturated heterocycles. The van der Waals surface area contributed by atoms with Crippen LogP contribution in [0.25, 0.3) is 11.0 Å². The molecule has 5 rings (SSSR count). The van der Waals surface area contributed by atoms with Gasteiger partial charge in [-0.3, -0.25) is 9.52 Å². The van der Waals surface area contributed by atoms with Gasteiger partial charge in [-0.25, -0.2) is 14.2 Å². The van der Waals surface area contributed by atoms with Crippen LogP contribution in [0.4, 0.5) is 23.0 Å². The summed E-state index contributed by atoms with van der Waals surface area (Å²) in [5.74, 6) is 1.59. The quantitative estimate of drug-likeness (QED) is 0.202. The first-order valence-electron chi connectivity index (χ1n) is 12.4. The monoisotopic (exact) mass is 553 g/mol. The molecule has 202 valence electrons. The molecule has 0 bridgehead atoms. The van der Waals surface area contributed by atoms with Gasteiger partial charge >= 0.3 is 0 Å². The Labute approximate surface area is 234 Å². The Hall–Kier alpha value is -4.96. The van der Waals surface area contributed by atoms with Gasteiger partial charge in [0.05, 0.1) is 30.1 Å². The Morgan fingerprint density at radius 3 is 2.05 bits per heavy atom. The lowest BCUT2D eigenvalue weighted by Gasteiger charge is -2.15. The minimum atomic E-state index is -1.72. The maximum Gasteiger partial charge on any atom is 0.255 e. The highest BCUT2D eigenvalue weighted by molar-refractivity contribution is 7.86. The topological polar surface area (TPSA) is 114 Å². The number of para-hydroxylation sites is 2. The second-order valence-corrected chi connectivity index (χ2v) is 10.1.